The number of carbonyl (C=O) groups excluding carboxylic acids is 2. The molecule has 3 N–H and O–H groups in total. The van der Waals surface area contributed by atoms with Gasteiger partial charge < -0.3 is 5.32 Å². The third kappa shape index (κ3) is 3.20. The minimum atomic E-state index is -1.53. The van der Waals surface area contributed by atoms with Gasteiger partial charge in [0.05, 0.1) is 25.2 Å². The van der Waals surface area contributed by atoms with Crippen LogP contribution in [-0.4, -0.2) is 37.2 Å². The lowest BCUT2D eigenvalue weighted by Gasteiger charge is -2.23. The molecule has 0 aliphatic carbocycles. The fraction of sp³-hybridized carbons (Fsp3) is 0.667. The summed E-state index contributed by atoms with van der Waals surface area (Å²) in [5.74, 6) is -1.38. The number of ketones is 2. The van der Waals surface area contributed by atoms with Gasteiger partial charge >= 0.3 is 0 Å². The van der Waals surface area contributed by atoms with Gasteiger partial charge in [0.2, 0.25) is 0 Å². The molecule has 1 aliphatic rings. The van der Waals surface area contributed by atoms with Crippen LogP contribution >= 0.6 is 12.4 Å². The molecule has 0 bridgehead atoms. The second-order valence-corrected chi connectivity index (χ2v) is 3.82. The van der Waals surface area contributed by atoms with E-state index >= 15 is 0 Å². The Morgan fingerprint density at radius 1 is 1.33 bits per heavy atom. The van der Waals surface area contributed by atoms with Crippen molar-refractivity contribution in [2.24, 2.45) is 5.41 Å². The molecule has 1 aliphatic heterocycles. The van der Waals surface area contributed by atoms with Crippen molar-refractivity contribution in [3.8, 4) is 6.07 Å². The molecule has 18 heavy (non-hydrogen) atoms. The summed E-state index contributed by atoms with van der Waals surface area (Å²) in [4.78, 5) is 23.4. The van der Waals surface area contributed by atoms with Gasteiger partial charge in [-0.3, -0.25) is 9.59 Å². The smallest absolute Gasteiger partial charge is 0.164 e. The highest BCUT2D eigenvalue weighted by Gasteiger charge is 2.50. The normalized spacial score (nSPS) is 20.8. The van der Waals surface area contributed by atoms with Gasteiger partial charge in [0.25, 0.3) is 0 Å². The van der Waals surface area contributed by atoms with Crippen LogP contribution in [0, 0.1) is 16.7 Å². The average Bonchev–Trinajstić information content (AvgIpc) is 2.75. The lowest BCUT2D eigenvalue weighted by Crippen LogP contribution is -2.47. The zero-order valence-corrected chi connectivity index (χ0v) is 10.2. The van der Waals surface area contributed by atoms with Crippen molar-refractivity contribution < 1.29 is 18.6 Å². The minimum absolute atomic E-state index is 0. The van der Waals surface area contributed by atoms with Crippen molar-refractivity contribution in [1.29, 1.82) is 5.26 Å². The fourth-order valence-corrected chi connectivity index (χ4v) is 1.92. The van der Waals surface area contributed by atoms with E-state index in [9.17, 15) is 18.6 Å². The highest BCUT2D eigenvalue weighted by molar-refractivity contribution is 6.09. The summed E-state index contributed by atoms with van der Waals surface area (Å²) in [6.07, 6.45) is -0.0650. The van der Waals surface area contributed by atoms with E-state index in [1.54, 1.807) is 0 Å². The largest absolute Gasteiger partial charge is 0.300 e. The summed E-state index contributed by atoms with van der Waals surface area (Å²) in [6.45, 7) is -1.36. The average molecular weight is 283 g/mol. The molecule has 0 aromatic carbocycles. The predicted molar refractivity (Wildman–Crippen MR) is 59.9 cm³/mol. The number of carbonyl (C=O) groups is 2. The number of rotatable bonds is 6. The summed E-state index contributed by atoms with van der Waals surface area (Å²) in [6, 6.07) is 1.20. The van der Waals surface area contributed by atoms with Gasteiger partial charge in [-0.25, -0.2) is 0 Å². The molecule has 0 saturated carbocycles. The number of nitrogens with one attached hydrogen (secondary N) is 3. The van der Waals surface area contributed by atoms with Gasteiger partial charge in [0.1, 0.15) is 5.41 Å². The molecule has 9 heteroatoms. The molecule has 0 amide bonds. The van der Waals surface area contributed by atoms with Gasteiger partial charge in [-0.2, -0.15) is 16.3 Å². The Morgan fingerprint density at radius 3 is 2.17 bits per heavy atom. The van der Waals surface area contributed by atoms with E-state index in [0.29, 0.717) is 0 Å². The molecular formula is C9H13ClF2N4O2. The quantitative estimate of drug-likeness (QED) is 0.443. The Labute approximate surface area is 108 Å². The molecule has 0 spiro atoms. The van der Waals surface area contributed by atoms with Crippen LogP contribution in [0.2, 0.25) is 0 Å². The first-order valence-corrected chi connectivity index (χ1v) is 4.97. The Hall–Kier alpha value is -1.14. The van der Waals surface area contributed by atoms with Gasteiger partial charge in [0, 0.05) is 6.54 Å². The summed E-state index contributed by atoms with van der Waals surface area (Å²) in [7, 11) is 0. The van der Waals surface area contributed by atoms with Crippen molar-refractivity contribution in [3.63, 3.8) is 0 Å². The zero-order chi connectivity index (χ0) is 12.9. The van der Waals surface area contributed by atoms with E-state index in [1.807, 2.05) is 6.07 Å². The Morgan fingerprint density at radius 2 is 1.83 bits per heavy atom. The topological polar surface area (TPSA) is 94.0 Å². The van der Waals surface area contributed by atoms with E-state index in [2.05, 4.69) is 5.32 Å². The van der Waals surface area contributed by atoms with Crippen molar-refractivity contribution in [2.45, 2.75) is 12.5 Å². The van der Waals surface area contributed by atoms with E-state index in [-0.39, 0.29) is 25.4 Å². The molecule has 0 unspecified atom stereocenters. The van der Waals surface area contributed by atoms with Crippen molar-refractivity contribution in [1.82, 2.24) is 16.4 Å². The van der Waals surface area contributed by atoms with E-state index < -0.39 is 36.1 Å². The maximum absolute atomic E-state index is 11.9. The molecule has 0 aromatic heterocycles. The number of halogens is 3. The molecule has 1 atom stereocenters. The lowest BCUT2D eigenvalue weighted by atomic mass is 9.77. The van der Waals surface area contributed by atoms with E-state index in [4.69, 9.17) is 5.26 Å². The number of nitrogens with zero attached hydrogens (tertiary/aromatic N) is 1. The molecule has 1 fully saturated rings. The molecule has 1 saturated heterocycles. The minimum Gasteiger partial charge on any atom is -0.300 e. The predicted octanol–water partition coefficient (Wildman–Crippen LogP) is -0.634. The first kappa shape index (κ1) is 16.9. The van der Waals surface area contributed by atoms with E-state index in [0.717, 1.165) is 0 Å². The van der Waals surface area contributed by atoms with Crippen molar-refractivity contribution in [3.05, 3.63) is 0 Å². The standard InChI is InChI=1S/C9H12F2N4O2.ClH/c10-14-3-7(16)9(8(17)4-15-11)1-6(2-12)13-5-9;/h6,13-15H,1,3-5H2;1H/t6-;/m0./s1. The zero-order valence-electron chi connectivity index (χ0n) is 9.33. The van der Waals surface area contributed by atoms with Crippen LogP contribution < -0.4 is 16.4 Å². The van der Waals surface area contributed by atoms with Crippen LogP contribution in [0.4, 0.5) is 8.96 Å². The molecule has 6 nitrogen and oxygen atoms in total. The second kappa shape index (κ2) is 7.33. The first-order chi connectivity index (χ1) is 8.10. The molecule has 0 aromatic rings. The Balaban J connectivity index is 0.00000289. The Bertz CT molecular complexity index is 343. The highest BCUT2D eigenvalue weighted by Crippen LogP contribution is 2.31. The van der Waals surface area contributed by atoms with Gasteiger partial charge in [0.15, 0.2) is 11.6 Å². The fourth-order valence-electron chi connectivity index (χ4n) is 1.92. The second-order valence-electron chi connectivity index (χ2n) is 3.82. The number of Topliss-reactive ketones (excluding diaryl/α,β-unsaturated/α-hetero) is 2. The van der Waals surface area contributed by atoms with Crippen molar-refractivity contribution in [2.75, 3.05) is 19.6 Å². The third-order valence-electron chi connectivity index (χ3n) is 2.88. The van der Waals surface area contributed by atoms with Gasteiger partial charge in [-0.05, 0) is 6.42 Å². The van der Waals surface area contributed by atoms with Crippen LogP contribution in [0.25, 0.3) is 0 Å². The Kier molecular flexibility index (Phi) is 6.86. The molecule has 1 rings (SSSR count). The SMILES string of the molecule is Cl.N#C[C@@H]1CC(C(=O)CNF)(C(=O)CNF)CN1. The third-order valence-corrected chi connectivity index (χ3v) is 2.88. The molecule has 0 radical (unpaired) electrons. The number of hydrogen-bond acceptors (Lipinski definition) is 6. The van der Waals surface area contributed by atoms with Gasteiger partial charge in [-0.1, -0.05) is 0 Å². The maximum Gasteiger partial charge on any atom is 0.164 e. The van der Waals surface area contributed by atoms with Crippen molar-refractivity contribution >= 4 is 24.0 Å². The van der Waals surface area contributed by atoms with E-state index in [1.165, 1.54) is 11.1 Å². The van der Waals surface area contributed by atoms with Crippen LogP contribution in [0.1, 0.15) is 6.42 Å². The summed E-state index contributed by atoms with van der Waals surface area (Å²) in [5, 5.41) is 11.4. The monoisotopic (exact) mass is 282 g/mol. The van der Waals surface area contributed by atoms with Crippen LogP contribution in [0.15, 0.2) is 0 Å². The molecule has 102 valence electrons. The van der Waals surface area contributed by atoms with Crippen LogP contribution in [0.3, 0.4) is 0 Å². The summed E-state index contributed by atoms with van der Waals surface area (Å²) in [5.41, 5.74) is 0.816. The molecular weight excluding hydrogens is 270 g/mol. The van der Waals surface area contributed by atoms with Crippen LogP contribution in [-0.2, 0) is 9.59 Å². The maximum atomic E-state index is 11.9. The van der Waals surface area contributed by atoms with Gasteiger partial charge in [-0.15, -0.1) is 21.4 Å². The number of nitriles is 1. The summed E-state index contributed by atoms with van der Waals surface area (Å²) >= 11 is 0. The lowest BCUT2D eigenvalue weighted by molar-refractivity contribution is -0.139. The number of hydrogen-bond donors (Lipinski definition) is 3. The summed E-state index contributed by atoms with van der Waals surface area (Å²) < 4.78 is 23.9. The van der Waals surface area contributed by atoms with Crippen LogP contribution in [0.5, 0.6) is 0 Å². The first-order valence-electron chi connectivity index (χ1n) is 4.97. The highest BCUT2D eigenvalue weighted by atomic mass is 35.5. The molecule has 1 heterocycles.